The summed E-state index contributed by atoms with van der Waals surface area (Å²) in [6.07, 6.45) is 2.51. The first-order valence-electron chi connectivity index (χ1n) is 8.82. The zero-order valence-corrected chi connectivity index (χ0v) is 15.7. The van der Waals surface area contributed by atoms with E-state index in [0.29, 0.717) is 63.3 Å². The summed E-state index contributed by atoms with van der Waals surface area (Å²) in [7, 11) is 0. The lowest BCUT2D eigenvalue weighted by Crippen LogP contribution is -2.51. The van der Waals surface area contributed by atoms with Crippen molar-refractivity contribution >= 4 is 23.6 Å². The van der Waals surface area contributed by atoms with E-state index in [1.165, 1.54) is 0 Å². The first-order valence-corrected chi connectivity index (χ1v) is 10.2. The first-order chi connectivity index (χ1) is 12.7. The average Bonchev–Trinajstić information content (AvgIpc) is 3.14. The Labute approximate surface area is 156 Å². The van der Waals surface area contributed by atoms with Crippen molar-refractivity contribution in [2.24, 2.45) is 11.8 Å². The molecule has 2 aliphatic heterocycles. The van der Waals surface area contributed by atoms with Crippen LogP contribution in [0.15, 0.2) is 4.52 Å². The van der Waals surface area contributed by atoms with Crippen LogP contribution in [0.25, 0.3) is 0 Å². The summed E-state index contributed by atoms with van der Waals surface area (Å²) in [5, 5.41) is 9.90. The van der Waals surface area contributed by atoms with Crippen molar-refractivity contribution in [1.29, 1.82) is 0 Å². The summed E-state index contributed by atoms with van der Waals surface area (Å²) in [6, 6.07) is 0. The number of carbonyl (C=O) groups is 2. The van der Waals surface area contributed by atoms with Crippen LogP contribution in [0, 0.1) is 11.8 Å². The zero-order chi connectivity index (χ0) is 18.4. The van der Waals surface area contributed by atoms with E-state index in [0.717, 1.165) is 0 Å². The second-order valence-corrected chi connectivity index (χ2v) is 7.35. The van der Waals surface area contributed by atoms with Crippen LogP contribution < -0.4 is 10.6 Å². The summed E-state index contributed by atoms with van der Waals surface area (Å²) in [5.41, 5.74) is 0. The van der Waals surface area contributed by atoms with Gasteiger partial charge < -0.3 is 24.8 Å². The molecule has 2 aliphatic rings. The molecule has 0 saturated carbocycles. The van der Waals surface area contributed by atoms with Crippen molar-refractivity contribution in [1.82, 2.24) is 25.7 Å². The lowest BCUT2D eigenvalue weighted by atomic mass is 9.88. The number of amides is 2. The fraction of sp³-hybridized carbons (Fsp3) is 0.750. The summed E-state index contributed by atoms with van der Waals surface area (Å²) in [5.74, 6) is 1.29. The molecule has 2 amide bonds. The molecule has 0 aromatic carbocycles. The molecule has 1 aromatic rings. The quantitative estimate of drug-likeness (QED) is 0.685. The molecular formula is C16H25N5O4S. The van der Waals surface area contributed by atoms with E-state index in [9.17, 15) is 9.59 Å². The maximum atomic E-state index is 12.6. The molecule has 0 aliphatic carbocycles. The van der Waals surface area contributed by atoms with Gasteiger partial charge in [-0.3, -0.25) is 9.59 Å². The van der Waals surface area contributed by atoms with Crippen molar-refractivity contribution in [2.45, 2.75) is 18.7 Å². The van der Waals surface area contributed by atoms with Crippen LogP contribution in [0.2, 0.25) is 0 Å². The minimum Gasteiger partial charge on any atom is -0.378 e. The number of piperidine rings is 1. The Kier molecular flexibility index (Phi) is 6.86. The van der Waals surface area contributed by atoms with E-state index in [1.54, 1.807) is 11.8 Å². The monoisotopic (exact) mass is 383 g/mol. The SMILES string of the molecule is CSCc1noc(CNC(=O)[C@H]2CNC[C@@H](C(=O)N3CCOCC3)C2)n1. The molecule has 1 aromatic heterocycles. The Bertz CT molecular complexity index is 620. The fourth-order valence-electron chi connectivity index (χ4n) is 3.23. The summed E-state index contributed by atoms with van der Waals surface area (Å²) in [6.45, 7) is 3.81. The van der Waals surface area contributed by atoms with Crippen LogP contribution >= 0.6 is 11.8 Å². The highest BCUT2D eigenvalue weighted by Crippen LogP contribution is 2.20. The van der Waals surface area contributed by atoms with Crippen molar-refractivity contribution in [3.63, 3.8) is 0 Å². The number of aromatic nitrogens is 2. The minimum atomic E-state index is -0.243. The largest absolute Gasteiger partial charge is 0.378 e. The van der Waals surface area contributed by atoms with Gasteiger partial charge in [0, 0.05) is 26.2 Å². The predicted molar refractivity (Wildman–Crippen MR) is 95.2 cm³/mol. The molecule has 0 bridgehead atoms. The van der Waals surface area contributed by atoms with E-state index in [1.807, 2.05) is 11.2 Å². The number of thioether (sulfide) groups is 1. The highest BCUT2D eigenvalue weighted by atomic mass is 32.2. The number of nitrogens with zero attached hydrogens (tertiary/aromatic N) is 3. The number of rotatable bonds is 6. The highest BCUT2D eigenvalue weighted by Gasteiger charge is 2.33. The van der Waals surface area contributed by atoms with E-state index in [4.69, 9.17) is 9.26 Å². The van der Waals surface area contributed by atoms with E-state index >= 15 is 0 Å². The molecule has 3 rings (SSSR count). The molecule has 2 saturated heterocycles. The van der Waals surface area contributed by atoms with Crippen LogP contribution in [-0.4, -0.2) is 72.5 Å². The Morgan fingerprint density at radius 2 is 2.08 bits per heavy atom. The Hall–Kier alpha value is -1.65. The molecule has 9 nitrogen and oxygen atoms in total. The molecule has 144 valence electrons. The van der Waals surface area contributed by atoms with Crippen LogP contribution in [0.1, 0.15) is 18.1 Å². The second kappa shape index (κ2) is 9.33. The molecule has 10 heteroatoms. The molecule has 2 atom stereocenters. The number of hydrogen-bond acceptors (Lipinski definition) is 8. The number of hydrogen-bond donors (Lipinski definition) is 2. The van der Waals surface area contributed by atoms with Crippen LogP contribution in [-0.2, 0) is 26.6 Å². The summed E-state index contributed by atoms with van der Waals surface area (Å²) < 4.78 is 10.4. The molecule has 26 heavy (non-hydrogen) atoms. The van der Waals surface area contributed by atoms with E-state index < -0.39 is 0 Å². The number of carbonyl (C=O) groups excluding carboxylic acids is 2. The van der Waals surface area contributed by atoms with Crippen molar-refractivity contribution in [3.8, 4) is 0 Å². The Balaban J connectivity index is 1.48. The first kappa shape index (κ1) is 19.1. The maximum absolute atomic E-state index is 12.6. The number of nitrogens with one attached hydrogen (secondary N) is 2. The normalized spacial score (nSPS) is 23.7. The number of ether oxygens (including phenoxy) is 1. The van der Waals surface area contributed by atoms with Gasteiger partial charge in [0.1, 0.15) is 0 Å². The van der Waals surface area contributed by atoms with Gasteiger partial charge in [0.25, 0.3) is 0 Å². The van der Waals surface area contributed by atoms with E-state index in [-0.39, 0.29) is 30.2 Å². The zero-order valence-electron chi connectivity index (χ0n) is 14.9. The Morgan fingerprint density at radius 3 is 2.85 bits per heavy atom. The van der Waals surface area contributed by atoms with Crippen LogP contribution in [0.4, 0.5) is 0 Å². The van der Waals surface area contributed by atoms with Gasteiger partial charge in [-0.05, 0) is 12.7 Å². The molecule has 0 radical (unpaired) electrons. The van der Waals surface area contributed by atoms with Gasteiger partial charge in [-0.1, -0.05) is 5.16 Å². The molecule has 0 unspecified atom stereocenters. The molecule has 0 spiro atoms. The third-order valence-electron chi connectivity index (χ3n) is 4.59. The lowest BCUT2D eigenvalue weighted by Gasteiger charge is -2.34. The van der Waals surface area contributed by atoms with Gasteiger partial charge in [0.05, 0.1) is 37.3 Å². The van der Waals surface area contributed by atoms with Crippen molar-refractivity contribution in [2.75, 3.05) is 45.6 Å². The third-order valence-corrected chi connectivity index (χ3v) is 5.14. The molecule has 2 N–H and O–H groups in total. The highest BCUT2D eigenvalue weighted by molar-refractivity contribution is 7.97. The second-order valence-electron chi connectivity index (χ2n) is 6.48. The third kappa shape index (κ3) is 4.95. The van der Waals surface area contributed by atoms with Crippen LogP contribution in [0.5, 0.6) is 0 Å². The van der Waals surface area contributed by atoms with Gasteiger partial charge in [0.15, 0.2) is 5.82 Å². The van der Waals surface area contributed by atoms with Gasteiger partial charge in [-0.25, -0.2) is 0 Å². The average molecular weight is 383 g/mol. The summed E-state index contributed by atoms with van der Waals surface area (Å²) in [4.78, 5) is 31.1. The molecule has 3 heterocycles. The fourth-order valence-corrected chi connectivity index (χ4v) is 3.60. The smallest absolute Gasteiger partial charge is 0.246 e. The lowest BCUT2D eigenvalue weighted by molar-refractivity contribution is -0.141. The minimum absolute atomic E-state index is 0.0957. The van der Waals surface area contributed by atoms with Crippen molar-refractivity contribution < 1.29 is 18.8 Å². The van der Waals surface area contributed by atoms with Crippen molar-refractivity contribution in [3.05, 3.63) is 11.7 Å². The molecular weight excluding hydrogens is 358 g/mol. The maximum Gasteiger partial charge on any atom is 0.246 e. The summed E-state index contributed by atoms with van der Waals surface area (Å²) >= 11 is 1.61. The number of morpholine rings is 1. The Morgan fingerprint density at radius 1 is 1.31 bits per heavy atom. The van der Waals surface area contributed by atoms with E-state index in [2.05, 4.69) is 20.8 Å². The topological polar surface area (TPSA) is 110 Å². The van der Waals surface area contributed by atoms with Gasteiger partial charge in [-0.2, -0.15) is 16.7 Å². The molecule has 2 fully saturated rings. The van der Waals surface area contributed by atoms with Gasteiger partial charge in [0.2, 0.25) is 17.7 Å². The van der Waals surface area contributed by atoms with Crippen LogP contribution in [0.3, 0.4) is 0 Å². The standard InChI is InChI=1S/C16H25N5O4S/c1-26-10-13-19-14(25-20-13)9-18-15(22)11-6-12(8-17-7-11)16(23)21-2-4-24-5-3-21/h11-12,17H,2-10H2,1H3,(H,18,22)/t11-,12+/m1/s1. The van der Waals surface area contributed by atoms with Gasteiger partial charge in [-0.15, -0.1) is 0 Å². The van der Waals surface area contributed by atoms with Gasteiger partial charge >= 0.3 is 0 Å². The predicted octanol–water partition coefficient (Wildman–Crippen LogP) is -0.367.